The largest absolute Gasteiger partial charge is 0.463 e. The van der Waals surface area contributed by atoms with Gasteiger partial charge in [0.25, 0.3) is 0 Å². The maximum absolute atomic E-state index is 5.48. The number of aromatic nitrogens is 2. The molecule has 2 aromatic heterocycles. The van der Waals surface area contributed by atoms with Crippen LogP contribution in [0.25, 0.3) is 11.5 Å². The van der Waals surface area contributed by atoms with Gasteiger partial charge in [0, 0.05) is 13.6 Å². The molecule has 2 aromatic rings. The number of aryl methyl sites for hydroxylation is 1. The van der Waals surface area contributed by atoms with Gasteiger partial charge in [0.2, 0.25) is 0 Å². The zero-order valence-corrected chi connectivity index (χ0v) is 7.40. The summed E-state index contributed by atoms with van der Waals surface area (Å²) < 4.78 is 7.02. The molecule has 13 heavy (non-hydrogen) atoms. The van der Waals surface area contributed by atoms with Crippen LogP contribution in [0.3, 0.4) is 0 Å². The van der Waals surface area contributed by atoms with E-state index in [0.29, 0.717) is 6.54 Å². The van der Waals surface area contributed by atoms with E-state index >= 15 is 0 Å². The molecule has 68 valence electrons. The Hall–Kier alpha value is -1.55. The Morgan fingerprint density at radius 2 is 2.46 bits per heavy atom. The van der Waals surface area contributed by atoms with Crippen molar-refractivity contribution in [2.75, 3.05) is 0 Å². The number of hydrogen-bond acceptors (Lipinski definition) is 3. The summed E-state index contributed by atoms with van der Waals surface area (Å²) in [5.41, 5.74) is 7.30. The van der Waals surface area contributed by atoms with Gasteiger partial charge in [-0.2, -0.15) is 5.10 Å². The van der Waals surface area contributed by atoms with Gasteiger partial charge in [0.05, 0.1) is 12.0 Å². The number of hydrogen-bond donors (Lipinski definition) is 1. The Bertz CT molecular complexity index is 389. The van der Waals surface area contributed by atoms with Crippen molar-refractivity contribution in [1.82, 2.24) is 9.78 Å². The summed E-state index contributed by atoms with van der Waals surface area (Å²) in [6, 6.07) is 5.68. The molecule has 0 unspecified atom stereocenters. The fourth-order valence-corrected chi connectivity index (χ4v) is 1.28. The third-order valence-corrected chi connectivity index (χ3v) is 1.91. The Balaban J connectivity index is 2.46. The van der Waals surface area contributed by atoms with Gasteiger partial charge in [-0.25, -0.2) is 0 Å². The zero-order chi connectivity index (χ0) is 9.26. The molecule has 0 fully saturated rings. The summed E-state index contributed by atoms with van der Waals surface area (Å²) in [6.45, 7) is 0.453. The molecule has 0 radical (unpaired) electrons. The quantitative estimate of drug-likeness (QED) is 0.748. The van der Waals surface area contributed by atoms with Crippen molar-refractivity contribution < 1.29 is 4.42 Å². The van der Waals surface area contributed by atoms with Gasteiger partial charge in [0.1, 0.15) is 5.69 Å². The molecule has 0 aliphatic heterocycles. The van der Waals surface area contributed by atoms with E-state index in [1.807, 2.05) is 25.2 Å². The van der Waals surface area contributed by atoms with Gasteiger partial charge in [-0.1, -0.05) is 0 Å². The molecular weight excluding hydrogens is 166 g/mol. The van der Waals surface area contributed by atoms with E-state index in [9.17, 15) is 0 Å². The Kier molecular flexibility index (Phi) is 1.90. The van der Waals surface area contributed by atoms with Crippen molar-refractivity contribution in [3.63, 3.8) is 0 Å². The van der Waals surface area contributed by atoms with Gasteiger partial charge in [-0.05, 0) is 18.2 Å². The molecule has 0 spiro atoms. The van der Waals surface area contributed by atoms with Crippen molar-refractivity contribution in [2.24, 2.45) is 12.8 Å². The molecule has 2 heterocycles. The van der Waals surface area contributed by atoms with Crippen LogP contribution in [-0.2, 0) is 13.6 Å². The number of rotatable bonds is 2. The molecule has 0 aromatic carbocycles. The fraction of sp³-hybridized carbons (Fsp3) is 0.222. The minimum Gasteiger partial charge on any atom is -0.463 e. The van der Waals surface area contributed by atoms with Crippen molar-refractivity contribution in [2.45, 2.75) is 6.54 Å². The average Bonchev–Trinajstić information content (AvgIpc) is 2.72. The molecule has 2 rings (SSSR count). The van der Waals surface area contributed by atoms with Gasteiger partial charge in [0.15, 0.2) is 5.76 Å². The third kappa shape index (κ3) is 1.36. The number of nitrogens with zero attached hydrogens (tertiary/aromatic N) is 2. The molecule has 0 saturated carbocycles. The summed E-state index contributed by atoms with van der Waals surface area (Å²) in [5.74, 6) is 0.815. The van der Waals surface area contributed by atoms with Crippen LogP contribution >= 0.6 is 0 Å². The second-order valence-corrected chi connectivity index (χ2v) is 2.83. The molecule has 0 aliphatic carbocycles. The summed E-state index contributed by atoms with van der Waals surface area (Å²) in [7, 11) is 1.87. The Labute approximate surface area is 76.0 Å². The lowest BCUT2D eigenvalue weighted by atomic mass is 10.3. The molecule has 0 saturated heterocycles. The first-order chi connectivity index (χ1) is 6.31. The summed E-state index contributed by atoms with van der Waals surface area (Å²) in [5, 5.41) is 4.22. The first kappa shape index (κ1) is 8.07. The van der Waals surface area contributed by atoms with Crippen LogP contribution in [0.2, 0.25) is 0 Å². The van der Waals surface area contributed by atoms with Crippen molar-refractivity contribution in [3.05, 3.63) is 30.2 Å². The Morgan fingerprint density at radius 3 is 3.00 bits per heavy atom. The van der Waals surface area contributed by atoms with Crippen LogP contribution in [0.1, 0.15) is 5.69 Å². The van der Waals surface area contributed by atoms with Crippen LogP contribution in [0, 0.1) is 0 Å². The second kappa shape index (κ2) is 3.06. The summed E-state index contributed by atoms with van der Waals surface area (Å²) in [4.78, 5) is 0. The molecule has 0 amide bonds. The monoisotopic (exact) mass is 177 g/mol. The van der Waals surface area contributed by atoms with Crippen LogP contribution < -0.4 is 5.73 Å². The highest BCUT2D eigenvalue weighted by molar-refractivity contribution is 5.52. The average molecular weight is 177 g/mol. The van der Waals surface area contributed by atoms with Crippen molar-refractivity contribution in [3.8, 4) is 11.5 Å². The lowest BCUT2D eigenvalue weighted by molar-refractivity contribution is 0.573. The zero-order valence-electron chi connectivity index (χ0n) is 7.40. The predicted molar refractivity (Wildman–Crippen MR) is 48.8 cm³/mol. The smallest absolute Gasteiger partial charge is 0.151 e. The molecule has 4 heteroatoms. The van der Waals surface area contributed by atoms with E-state index in [1.165, 1.54) is 0 Å². The van der Waals surface area contributed by atoms with E-state index in [-0.39, 0.29) is 0 Å². The van der Waals surface area contributed by atoms with Crippen LogP contribution in [0.5, 0.6) is 0 Å². The predicted octanol–water partition coefficient (Wildman–Crippen LogP) is 1.14. The molecular formula is C9H11N3O. The highest BCUT2D eigenvalue weighted by Gasteiger charge is 2.07. The van der Waals surface area contributed by atoms with Gasteiger partial charge >= 0.3 is 0 Å². The van der Waals surface area contributed by atoms with Gasteiger partial charge < -0.3 is 10.2 Å². The molecule has 0 aliphatic rings. The van der Waals surface area contributed by atoms with Gasteiger partial charge in [-0.15, -0.1) is 0 Å². The number of nitrogens with two attached hydrogens (primary N) is 1. The van der Waals surface area contributed by atoms with E-state index in [4.69, 9.17) is 10.2 Å². The topological polar surface area (TPSA) is 57.0 Å². The van der Waals surface area contributed by atoms with E-state index in [1.54, 1.807) is 10.9 Å². The maximum atomic E-state index is 5.48. The normalized spacial score (nSPS) is 10.6. The minimum atomic E-state index is 0.453. The number of furan rings is 1. The molecule has 0 atom stereocenters. The first-order valence-corrected chi connectivity index (χ1v) is 4.08. The minimum absolute atomic E-state index is 0.453. The van der Waals surface area contributed by atoms with Crippen LogP contribution in [0.15, 0.2) is 28.9 Å². The van der Waals surface area contributed by atoms with E-state index < -0.39 is 0 Å². The highest BCUT2D eigenvalue weighted by Crippen LogP contribution is 2.19. The summed E-state index contributed by atoms with van der Waals surface area (Å²) in [6.07, 6.45) is 1.64. The summed E-state index contributed by atoms with van der Waals surface area (Å²) >= 11 is 0. The van der Waals surface area contributed by atoms with Gasteiger partial charge in [-0.3, -0.25) is 4.68 Å². The van der Waals surface area contributed by atoms with Crippen LogP contribution in [0.4, 0.5) is 0 Å². The molecule has 4 nitrogen and oxygen atoms in total. The van der Waals surface area contributed by atoms with Crippen molar-refractivity contribution >= 4 is 0 Å². The lowest BCUT2D eigenvalue weighted by Gasteiger charge is -1.94. The molecule has 2 N–H and O–H groups in total. The highest BCUT2D eigenvalue weighted by atomic mass is 16.3. The fourth-order valence-electron chi connectivity index (χ4n) is 1.28. The van der Waals surface area contributed by atoms with E-state index in [0.717, 1.165) is 17.1 Å². The third-order valence-electron chi connectivity index (χ3n) is 1.91. The standard InChI is InChI=1S/C9H11N3O/c1-12-8(5-7(6-10)11-12)9-3-2-4-13-9/h2-5H,6,10H2,1H3. The van der Waals surface area contributed by atoms with Crippen LogP contribution in [-0.4, -0.2) is 9.78 Å². The lowest BCUT2D eigenvalue weighted by Crippen LogP contribution is -1.98. The van der Waals surface area contributed by atoms with Crippen molar-refractivity contribution in [1.29, 1.82) is 0 Å². The second-order valence-electron chi connectivity index (χ2n) is 2.83. The maximum Gasteiger partial charge on any atom is 0.151 e. The SMILES string of the molecule is Cn1nc(CN)cc1-c1ccco1. The first-order valence-electron chi connectivity index (χ1n) is 4.08. The van der Waals surface area contributed by atoms with E-state index in [2.05, 4.69) is 5.10 Å². The molecule has 0 bridgehead atoms. The Morgan fingerprint density at radius 1 is 1.62 bits per heavy atom.